The van der Waals surface area contributed by atoms with Gasteiger partial charge in [0.25, 0.3) is 5.89 Å². The van der Waals surface area contributed by atoms with Gasteiger partial charge in [-0.05, 0) is 49.4 Å². The summed E-state index contributed by atoms with van der Waals surface area (Å²) in [5.74, 6) is 1.28. The maximum absolute atomic E-state index is 6.31. The summed E-state index contributed by atoms with van der Waals surface area (Å²) in [7, 11) is 0. The molecule has 1 fully saturated rings. The largest absolute Gasteiger partial charge is 0.334 e. The van der Waals surface area contributed by atoms with Crippen molar-refractivity contribution in [2.75, 3.05) is 0 Å². The fourth-order valence-electron chi connectivity index (χ4n) is 3.18. The molecule has 8 heteroatoms. The van der Waals surface area contributed by atoms with Gasteiger partial charge in [0, 0.05) is 5.02 Å². The van der Waals surface area contributed by atoms with Crippen LogP contribution in [0.4, 0.5) is 0 Å². The molecule has 6 nitrogen and oxygen atoms in total. The smallest absolute Gasteiger partial charge is 0.261 e. The van der Waals surface area contributed by atoms with E-state index in [0.717, 1.165) is 36.2 Å². The predicted molar refractivity (Wildman–Crippen MR) is 103 cm³/mol. The van der Waals surface area contributed by atoms with Crippen molar-refractivity contribution in [3.8, 4) is 17.1 Å². The van der Waals surface area contributed by atoms with Crippen molar-refractivity contribution in [1.29, 1.82) is 0 Å². The van der Waals surface area contributed by atoms with Crippen molar-refractivity contribution < 1.29 is 4.52 Å². The van der Waals surface area contributed by atoms with Crippen LogP contribution in [-0.4, -0.2) is 19.9 Å². The van der Waals surface area contributed by atoms with Gasteiger partial charge in [-0.2, -0.15) is 10.1 Å². The SMILES string of the molecule is CC(C)c1c(-c2nc(C3(N)CCC3)no2)cnn1-c1ccc(Cl)cc1.Cl. The molecule has 2 aromatic heterocycles. The molecule has 1 aromatic carbocycles. The van der Waals surface area contributed by atoms with Gasteiger partial charge in [0.05, 0.1) is 28.7 Å². The minimum atomic E-state index is -0.439. The lowest BCUT2D eigenvalue weighted by Gasteiger charge is -2.34. The monoisotopic (exact) mass is 393 g/mol. The highest BCUT2D eigenvalue weighted by atomic mass is 35.5. The van der Waals surface area contributed by atoms with Crippen molar-refractivity contribution in [2.45, 2.75) is 44.6 Å². The van der Waals surface area contributed by atoms with E-state index in [4.69, 9.17) is 21.9 Å². The minimum absolute atomic E-state index is 0. The first-order valence-corrected chi connectivity index (χ1v) is 8.83. The molecule has 0 bridgehead atoms. The van der Waals surface area contributed by atoms with Gasteiger partial charge in [-0.15, -0.1) is 12.4 Å². The van der Waals surface area contributed by atoms with E-state index in [1.165, 1.54) is 0 Å². The number of nitrogens with two attached hydrogens (primary N) is 1. The summed E-state index contributed by atoms with van der Waals surface area (Å²) in [6.45, 7) is 4.22. The van der Waals surface area contributed by atoms with E-state index >= 15 is 0 Å². The molecule has 2 N–H and O–H groups in total. The Morgan fingerprint density at radius 3 is 2.50 bits per heavy atom. The molecule has 0 aliphatic heterocycles. The number of nitrogens with zero attached hydrogens (tertiary/aromatic N) is 4. The third kappa shape index (κ3) is 3.13. The molecule has 1 aliphatic carbocycles. The van der Waals surface area contributed by atoms with Gasteiger partial charge in [-0.1, -0.05) is 30.6 Å². The van der Waals surface area contributed by atoms with Crippen LogP contribution in [0.2, 0.25) is 5.02 Å². The van der Waals surface area contributed by atoms with Gasteiger partial charge in [-0.25, -0.2) is 4.68 Å². The van der Waals surface area contributed by atoms with Crippen molar-refractivity contribution in [3.05, 3.63) is 47.0 Å². The average molecular weight is 394 g/mol. The van der Waals surface area contributed by atoms with Crippen LogP contribution in [0.1, 0.15) is 50.5 Å². The summed E-state index contributed by atoms with van der Waals surface area (Å²) < 4.78 is 7.41. The number of benzene rings is 1. The molecule has 1 aliphatic rings. The zero-order valence-corrected chi connectivity index (χ0v) is 16.2. The Balaban J connectivity index is 0.00000196. The molecular formula is C18H21Cl2N5O. The molecule has 4 rings (SSSR count). The number of hydrogen-bond donors (Lipinski definition) is 1. The first-order chi connectivity index (χ1) is 12.0. The molecule has 26 heavy (non-hydrogen) atoms. The molecule has 0 amide bonds. The predicted octanol–water partition coefficient (Wildman–Crippen LogP) is 4.46. The van der Waals surface area contributed by atoms with Gasteiger partial charge in [0.15, 0.2) is 5.82 Å². The topological polar surface area (TPSA) is 82.8 Å². The summed E-state index contributed by atoms with van der Waals surface area (Å²) in [4.78, 5) is 4.56. The fourth-order valence-corrected chi connectivity index (χ4v) is 3.31. The van der Waals surface area contributed by atoms with Crippen molar-refractivity contribution in [3.63, 3.8) is 0 Å². The lowest BCUT2D eigenvalue weighted by atomic mass is 9.77. The van der Waals surface area contributed by atoms with Gasteiger partial charge in [-0.3, -0.25) is 0 Å². The number of aromatic nitrogens is 4. The first-order valence-electron chi connectivity index (χ1n) is 8.45. The highest BCUT2D eigenvalue weighted by Crippen LogP contribution is 2.38. The summed E-state index contributed by atoms with van der Waals surface area (Å²) >= 11 is 5.99. The van der Waals surface area contributed by atoms with Crippen LogP contribution in [-0.2, 0) is 5.54 Å². The van der Waals surface area contributed by atoms with Gasteiger partial charge in [0.2, 0.25) is 0 Å². The minimum Gasteiger partial charge on any atom is -0.334 e. The van der Waals surface area contributed by atoms with Crippen LogP contribution in [0, 0.1) is 0 Å². The summed E-state index contributed by atoms with van der Waals surface area (Å²) in [5.41, 5.74) is 8.66. The van der Waals surface area contributed by atoms with E-state index in [1.807, 2.05) is 28.9 Å². The Kier molecular flexibility index (Phi) is 5.10. The van der Waals surface area contributed by atoms with Crippen LogP contribution >= 0.6 is 24.0 Å². The molecular weight excluding hydrogens is 373 g/mol. The van der Waals surface area contributed by atoms with Crippen LogP contribution in [0.25, 0.3) is 17.1 Å². The van der Waals surface area contributed by atoms with E-state index < -0.39 is 5.54 Å². The zero-order valence-electron chi connectivity index (χ0n) is 14.6. The van der Waals surface area contributed by atoms with Crippen LogP contribution < -0.4 is 5.73 Å². The zero-order chi connectivity index (χ0) is 17.6. The third-order valence-electron chi connectivity index (χ3n) is 4.77. The molecule has 1 saturated carbocycles. The fraction of sp³-hybridized carbons (Fsp3) is 0.389. The average Bonchev–Trinajstić information content (AvgIpc) is 3.20. The van der Waals surface area contributed by atoms with Crippen LogP contribution in [0.3, 0.4) is 0 Å². The highest BCUT2D eigenvalue weighted by molar-refractivity contribution is 6.30. The maximum atomic E-state index is 6.31. The maximum Gasteiger partial charge on any atom is 0.261 e. The normalized spacial score (nSPS) is 15.6. The summed E-state index contributed by atoms with van der Waals surface area (Å²) in [6, 6.07) is 7.57. The van der Waals surface area contributed by atoms with E-state index in [9.17, 15) is 0 Å². The standard InChI is InChI=1S/C18H20ClN5O.ClH/c1-11(2)15-14(10-21-24(15)13-6-4-12(19)5-7-13)16-22-17(23-25-16)18(20)8-3-9-18;/h4-7,10-11H,3,8-9,20H2,1-2H3;1H. The Bertz CT molecular complexity index is 897. The number of rotatable bonds is 4. The number of hydrogen-bond acceptors (Lipinski definition) is 5. The molecule has 3 aromatic rings. The second-order valence-corrected chi connectivity index (χ2v) is 7.36. The van der Waals surface area contributed by atoms with Crippen molar-refractivity contribution in [2.24, 2.45) is 5.73 Å². The van der Waals surface area contributed by atoms with Crippen molar-refractivity contribution in [1.82, 2.24) is 19.9 Å². The van der Waals surface area contributed by atoms with Gasteiger partial charge < -0.3 is 10.3 Å². The second-order valence-electron chi connectivity index (χ2n) is 6.92. The van der Waals surface area contributed by atoms with E-state index in [1.54, 1.807) is 6.20 Å². The van der Waals surface area contributed by atoms with Crippen LogP contribution in [0.15, 0.2) is 35.0 Å². The molecule has 138 valence electrons. The Morgan fingerprint density at radius 1 is 1.23 bits per heavy atom. The van der Waals surface area contributed by atoms with Gasteiger partial charge in [0.1, 0.15) is 0 Å². The molecule has 0 saturated heterocycles. The third-order valence-corrected chi connectivity index (χ3v) is 5.02. The lowest BCUT2D eigenvalue weighted by Crippen LogP contribution is -2.44. The summed E-state index contributed by atoms with van der Waals surface area (Å²) in [6.07, 6.45) is 4.66. The molecule has 0 spiro atoms. The Labute approximate surface area is 163 Å². The highest BCUT2D eigenvalue weighted by Gasteiger charge is 2.39. The van der Waals surface area contributed by atoms with E-state index in [0.29, 0.717) is 16.7 Å². The Morgan fingerprint density at radius 2 is 1.92 bits per heavy atom. The number of halogens is 2. The van der Waals surface area contributed by atoms with Crippen LogP contribution in [0.5, 0.6) is 0 Å². The molecule has 2 heterocycles. The quantitative estimate of drug-likeness (QED) is 0.707. The van der Waals surface area contributed by atoms with Crippen molar-refractivity contribution >= 4 is 24.0 Å². The second kappa shape index (κ2) is 7.02. The van der Waals surface area contributed by atoms with Gasteiger partial charge >= 0.3 is 0 Å². The lowest BCUT2D eigenvalue weighted by molar-refractivity contribution is 0.229. The first kappa shape index (κ1) is 18.9. The Hall–Kier alpha value is -1.89. The molecule has 0 unspecified atom stereocenters. The van der Waals surface area contributed by atoms with E-state index in [2.05, 4.69) is 29.1 Å². The van der Waals surface area contributed by atoms with E-state index in [-0.39, 0.29) is 18.3 Å². The molecule has 0 atom stereocenters. The molecule has 0 radical (unpaired) electrons. The summed E-state index contributed by atoms with van der Waals surface area (Å²) in [5, 5.41) is 9.34.